The highest BCUT2D eigenvalue weighted by molar-refractivity contribution is 5.54. The zero-order valence-electron chi connectivity index (χ0n) is 16.5. The van der Waals surface area contributed by atoms with Crippen molar-refractivity contribution in [3.8, 4) is 11.4 Å². The molecule has 2 aliphatic rings. The highest BCUT2D eigenvalue weighted by atomic mass is 16.1. The highest BCUT2D eigenvalue weighted by Gasteiger charge is 2.43. The molecule has 29 heavy (non-hydrogen) atoms. The molecule has 0 radical (unpaired) electrons. The van der Waals surface area contributed by atoms with Gasteiger partial charge >= 0.3 is 0 Å². The van der Waals surface area contributed by atoms with Gasteiger partial charge in [0.05, 0.1) is 5.69 Å². The maximum atomic E-state index is 12.7. The summed E-state index contributed by atoms with van der Waals surface area (Å²) in [5.41, 5.74) is 2.87. The van der Waals surface area contributed by atoms with Crippen molar-refractivity contribution in [2.75, 3.05) is 19.6 Å². The maximum Gasteiger partial charge on any atom is 0.254 e. The number of fused-ring (bicyclic) bond motifs is 2. The molecule has 5 rings (SSSR count). The average molecular weight is 390 g/mol. The third kappa shape index (κ3) is 3.51. The van der Waals surface area contributed by atoms with Crippen LogP contribution in [0.5, 0.6) is 0 Å². The van der Waals surface area contributed by atoms with Crippen LogP contribution in [-0.2, 0) is 18.4 Å². The fourth-order valence-corrected chi connectivity index (χ4v) is 4.87. The molecule has 3 aromatic heterocycles. The number of aromatic amines is 1. The van der Waals surface area contributed by atoms with Crippen LogP contribution in [0.2, 0.25) is 0 Å². The van der Waals surface area contributed by atoms with Crippen LogP contribution in [0.1, 0.15) is 36.9 Å². The number of hydrogen-bond acceptors (Lipinski definition) is 5. The number of likely N-dealkylation sites (tertiary alicyclic amines) is 1. The van der Waals surface area contributed by atoms with E-state index in [0.29, 0.717) is 5.82 Å². The summed E-state index contributed by atoms with van der Waals surface area (Å²) < 4.78 is 1.99. The normalized spacial score (nSPS) is 18.2. The summed E-state index contributed by atoms with van der Waals surface area (Å²) in [6.45, 7) is 4.18. The zero-order valence-corrected chi connectivity index (χ0v) is 16.5. The van der Waals surface area contributed by atoms with Crippen molar-refractivity contribution < 1.29 is 0 Å². The van der Waals surface area contributed by atoms with E-state index < -0.39 is 0 Å². The van der Waals surface area contributed by atoms with Gasteiger partial charge < -0.3 is 9.88 Å². The summed E-state index contributed by atoms with van der Waals surface area (Å²) in [4.78, 5) is 27.4. The predicted octanol–water partition coefficient (Wildman–Crippen LogP) is 2.40. The lowest BCUT2D eigenvalue weighted by Crippen LogP contribution is -2.42. The fourth-order valence-electron chi connectivity index (χ4n) is 4.87. The zero-order chi connectivity index (χ0) is 19.7. The van der Waals surface area contributed by atoms with Gasteiger partial charge in [0.2, 0.25) is 0 Å². The number of H-pyrrole nitrogens is 1. The molecule has 0 saturated carbocycles. The van der Waals surface area contributed by atoms with E-state index in [2.05, 4.69) is 20.0 Å². The van der Waals surface area contributed by atoms with E-state index >= 15 is 0 Å². The molecular formula is C22H26N6O. The van der Waals surface area contributed by atoms with Gasteiger partial charge in [-0.25, -0.2) is 4.98 Å². The molecule has 0 unspecified atom stereocenters. The Bertz CT molecular complexity index is 1020. The first-order valence-corrected chi connectivity index (χ1v) is 10.5. The molecule has 3 aromatic rings. The number of hydrogen-bond donors (Lipinski definition) is 1. The minimum absolute atomic E-state index is 0.0207. The molecule has 1 saturated heterocycles. The first-order chi connectivity index (χ1) is 14.2. The Morgan fingerprint density at radius 1 is 1.10 bits per heavy atom. The van der Waals surface area contributed by atoms with Crippen LogP contribution in [0, 0.1) is 0 Å². The van der Waals surface area contributed by atoms with Crippen molar-refractivity contribution >= 4 is 0 Å². The van der Waals surface area contributed by atoms with Crippen molar-refractivity contribution in [1.29, 1.82) is 0 Å². The van der Waals surface area contributed by atoms with Gasteiger partial charge in [-0.1, -0.05) is 0 Å². The summed E-state index contributed by atoms with van der Waals surface area (Å²) >= 11 is 0. The SMILES string of the molecule is O=c1[nH]c(-c2cccnc2)nc2c1CCC21CCN(CCCn2cccn2)CC1. The van der Waals surface area contributed by atoms with Crippen molar-refractivity contribution in [1.82, 2.24) is 29.6 Å². The Balaban J connectivity index is 1.30. The molecule has 1 aliphatic carbocycles. The van der Waals surface area contributed by atoms with E-state index in [1.54, 1.807) is 12.4 Å². The van der Waals surface area contributed by atoms with Crippen LogP contribution in [0.25, 0.3) is 11.4 Å². The number of pyridine rings is 1. The molecule has 1 spiro atoms. The van der Waals surface area contributed by atoms with E-state index in [4.69, 9.17) is 4.98 Å². The molecule has 4 heterocycles. The molecule has 7 heteroatoms. The molecule has 7 nitrogen and oxygen atoms in total. The van der Waals surface area contributed by atoms with Gasteiger partial charge in [-0.15, -0.1) is 0 Å². The molecule has 0 amide bonds. The minimum atomic E-state index is 0.0207. The topological polar surface area (TPSA) is 79.7 Å². The van der Waals surface area contributed by atoms with Crippen molar-refractivity contribution in [3.05, 3.63) is 64.6 Å². The molecule has 0 aromatic carbocycles. The maximum absolute atomic E-state index is 12.7. The van der Waals surface area contributed by atoms with Crippen LogP contribution in [-0.4, -0.2) is 49.3 Å². The Morgan fingerprint density at radius 3 is 2.76 bits per heavy atom. The van der Waals surface area contributed by atoms with Gasteiger partial charge in [-0.2, -0.15) is 5.10 Å². The van der Waals surface area contributed by atoms with Crippen molar-refractivity contribution in [3.63, 3.8) is 0 Å². The summed E-state index contributed by atoms with van der Waals surface area (Å²) in [5.74, 6) is 0.643. The summed E-state index contributed by atoms with van der Waals surface area (Å²) in [7, 11) is 0. The molecule has 0 atom stereocenters. The second-order valence-corrected chi connectivity index (χ2v) is 8.23. The lowest BCUT2D eigenvalue weighted by Gasteiger charge is -2.39. The Hall–Kier alpha value is -2.80. The summed E-state index contributed by atoms with van der Waals surface area (Å²) in [6, 6.07) is 5.79. The Labute approximate surface area is 169 Å². The molecule has 150 valence electrons. The van der Waals surface area contributed by atoms with Gasteiger partial charge in [0, 0.05) is 47.9 Å². The number of nitrogens with zero attached hydrogens (tertiary/aromatic N) is 5. The van der Waals surface area contributed by atoms with Crippen molar-refractivity contribution in [2.45, 2.75) is 44.1 Å². The first-order valence-electron chi connectivity index (χ1n) is 10.5. The summed E-state index contributed by atoms with van der Waals surface area (Å²) in [5, 5.41) is 4.28. The summed E-state index contributed by atoms with van der Waals surface area (Å²) in [6.07, 6.45) is 12.5. The quantitative estimate of drug-likeness (QED) is 0.724. The lowest BCUT2D eigenvalue weighted by atomic mass is 9.76. The number of nitrogens with one attached hydrogen (secondary N) is 1. The van der Waals surface area contributed by atoms with Gasteiger partial charge in [0.25, 0.3) is 5.56 Å². The smallest absolute Gasteiger partial charge is 0.254 e. The van der Waals surface area contributed by atoms with Gasteiger partial charge in [0.1, 0.15) is 5.82 Å². The van der Waals surface area contributed by atoms with Gasteiger partial charge in [-0.3, -0.25) is 14.5 Å². The molecular weight excluding hydrogens is 364 g/mol. The van der Waals surface area contributed by atoms with E-state index in [0.717, 1.165) is 75.1 Å². The van der Waals surface area contributed by atoms with Crippen LogP contribution in [0.15, 0.2) is 47.8 Å². The second kappa shape index (κ2) is 7.55. The lowest BCUT2D eigenvalue weighted by molar-refractivity contribution is 0.153. The Kier molecular flexibility index (Phi) is 4.75. The number of rotatable bonds is 5. The fraction of sp³-hybridized carbons (Fsp3) is 0.455. The molecule has 1 aliphatic heterocycles. The van der Waals surface area contributed by atoms with Gasteiger partial charge in [-0.05, 0) is 69.9 Å². The van der Waals surface area contributed by atoms with Crippen LogP contribution < -0.4 is 5.56 Å². The van der Waals surface area contributed by atoms with E-state index in [9.17, 15) is 4.79 Å². The monoisotopic (exact) mass is 390 g/mol. The number of piperidine rings is 1. The van der Waals surface area contributed by atoms with Crippen molar-refractivity contribution in [2.24, 2.45) is 0 Å². The molecule has 0 bridgehead atoms. The second-order valence-electron chi connectivity index (χ2n) is 8.23. The third-order valence-corrected chi connectivity index (χ3v) is 6.54. The molecule has 1 fully saturated rings. The van der Waals surface area contributed by atoms with Gasteiger partial charge in [0.15, 0.2) is 0 Å². The Morgan fingerprint density at radius 2 is 2.00 bits per heavy atom. The minimum Gasteiger partial charge on any atom is -0.306 e. The molecule has 1 N–H and O–H groups in total. The first kappa shape index (κ1) is 18.2. The van der Waals surface area contributed by atoms with Crippen LogP contribution >= 0.6 is 0 Å². The standard InChI is InChI=1S/C22H26N6O/c29-21-18-5-6-22(19(18)25-20(26-21)17-4-1-9-23-16-17)7-14-27(15-8-22)11-3-13-28-12-2-10-24-28/h1-2,4,9-10,12,16H,3,5-8,11,13-15H2,(H,25,26,29). The van der Waals surface area contributed by atoms with E-state index in [1.165, 1.54) is 0 Å². The number of aromatic nitrogens is 5. The average Bonchev–Trinajstić information content (AvgIpc) is 3.39. The van der Waals surface area contributed by atoms with Crippen LogP contribution in [0.3, 0.4) is 0 Å². The number of aryl methyl sites for hydroxylation is 1. The van der Waals surface area contributed by atoms with E-state index in [-0.39, 0.29) is 11.0 Å². The highest BCUT2D eigenvalue weighted by Crippen LogP contribution is 2.44. The third-order valence-electron chi connectivity index (χ3n) is 6.54. The predicted molar refractivity (Wildman–Crippen MR) is 111 cm³/mol. The van der Waals surface area contributed by atoms with E-state index in [1.807, 2.05) is 35.3 Å². The van der Waals surface area contributed by atoms with Crippen LogP contribution in [0.4, 0.5) is 0 Å². The largest absolute Gasteiger partial charge is 0.306 e.